The molecule has 3 nitrogen and oxygen atoms in total. The van der Waals surface area contributed by atoms with E-state index in [2.05, 4.69) is 9.36 Å². The van der Waals surface area contributed by atoms with E-state index in [0.29, 0.717) is 10.8 Å². The van der Waals surface area contributed by atoms with Crippen LogP contribution in [0.2, 0.25) is 5.15 Å². The Labute approximate surface area is 107 Å². The number of nitrogen functional groups attached to an aromatic ring is 1. The average Bonchev–Trinajstić information content (AvgIpc) is 2.72. The predicted molar refractivity (Wildman–Crippen MR) is 72.3 cm³/mol. The SMILES string of the molecule is Nc1cnccc1-c1cccc2c(Cl)nsc12. The third-order valence-electron chi connectivity index (χ3n) is 2.60. The van der Waals surface area contributed by atoms with Gasteiger partial charge in [0, 0.05) is 22.7 Å². The Morgan fingerprint density at radius 3 is 2.88 bits per heavy atom. The molecule has 0 aliphatic rings. The second kappa shape index (κ2) is 3.98. The molecule has 0 aliphatic carbocycles. The lowest BCUT2D eigenvalue weighted by Crippen LogP contribution is -1.90. The first-order valence-corrected chi connectivity index (χ1v) is 6.16. The monoisotopic (exact) mass is 261 g/mol. The van der Waals surface area contributed by atoms with Gasteiger partial charge in [0.05, 0.1) is 16.6 Å². The standard InChI is InChI=1S/C12H8ClN3S/c13-12-9-3-1-2-8(11(9)17-16-12)7-4-5-15-6-10(7)14/h1-6H,14H2. The lowest BCUT2D eigenvalue weighted by Gasteiger charge is -2.05. The predicted octanol–water partition coefficient (Wildman–Crippen LogP) is 3.59. The first-order chi connectivity index (χ1) is 8.27. The fourth-order valence-electron chi connectivity index (χ4n) is 1.80. The molecule has 0 bridgehead atoms. The lowest BCUT2D eigenvalue weighted by molar-refractivity contribution is 1.33. The van der Waals surface area contributed by atoms with Crippen LogP contribution in [0.5, 0.6) is 0 Å². The molecular weight excluding hydrogens is 254 g/mol. The summed E-state index contributed by atoms with van der Waals surface area (Å²) in [5.41, 5.74) is 8.61. The van der Waals surface area contributed by atoms with E-state index in [1.54, 1.807) is 12.4 Å². The molecule has 5 heteroatoms. The van der Waals surface area contributed by atoms with Crippen LogP contribution in [0.3, 0.4) is 0 Å². The first kappa shape index (κ1) is 10.5. The summed E-state index contributed by atoms with van der Waals surface area (Å²) in [5.74, 6) is 0. The maximum absolute atomic E-state index is 6.03. The van der Waals surface area contributed by atoms with Crippen molar-refractivity contribution in [2.24, 2.45) is 0 Å². The highest BCUT2D eigenvalue weighted by atomic mass is 35.5. The number of hydrogen-bond donors (Lipinski definition) is 1. The van der Waals surface area contributed by atoms with Gasteiger partial charge in [-0.1, -0.05) is 29.8 Å². The number of fused-ring (bicyclic) bond motifs is 1. The van der Waals surface area contributed by atoms with E-state index < -0.39 is 0 Å². The third kappa shape index (κ3) is 1.66. The minimum Gasteiger partial charge on any atom is -0.397 e. The van der Waals surface area contributed by atoms with Crippen LogP contribution >= 0.6 is 23.1 Å². The van der Waals surface area contributed by atoms with Gasteiger partial charge in [-0.2, -0.15) is 4.37 Å². The smallest absolute Gasteiger partial charge is 0.150 e. The van der Waals surface area contributed by atoms with E-state index in [-0.39, 0.29) is 0 Å². The van der Waals surface area contributed by atoms with Crippen LogP contribution in [0, 0.1) is 0 Å². The molecule has 2 N–H and O–H groups in total. The number of anilines is 1. The van der Waals surface area contributed by atoms with Crippen molar-refractivity contribution >= 4 is 38.9 Å². The topological polar surface area (TPSA) is 51.8 Å². The van der Waals surface area contributed by atoms with E-state index in [1.165, 1.54) is 11.5 Å². The Balaban J connectivity index is 2.35. The van der Waals surface area contributed by atoms with Crippen molar-refractivity contribution in [1.29, 1.82) is 0 Å². The summed E-state index contributed by atoms with van der Waals surface area (Å²) in [6.45, 7) is 0. The number of aromatic nitrogens is 2. The van der Waals surface area contributed by atoms with Crippen LogP contribution in [0.4, 0.5) is 5.69 Å². The molecule has 0 spiro atoms. The van der Waals surface area contributed by atoms with E-state index in [1.807, 2.05) is 24.3 Å². The Morgan fingerprint density at radius 1 is 1.18 bits per heavy atom. The Kier molecular flexibility index (Phi) is 2.46. The van der Waals surface area contributed by atoms with Crippen LogP contribution in [0.15, 0.2) is 36.7 Å². The molecule has 17 heavy (non-hydrogen) atoms. The summed E-state index contributed by atoms with van der Waals surface area (Å²) in [5, 5.41) is 1.50. The van der Waals surface area contributed by atoms with Crippen molar-refractivity contribution < 1.29 is 0 Å². The maximum Gasteiger partial charge on any atom is 0.150 e. The van der Waals surface area contributed by atoms with Gasteiger partial charge in [0.1, 0.15) is 0 Å². The number of rotatable bonds is 1. The molecule has 2 heterocycles. The van der Waals surface area contributed by atoms with Gasteiger partial charge in [-0.05, 0) is 17.6 Å². The molecule has 2 aromatic heterocycles. The fourth-order valence-corrected chi connectivity index (χ4v) is 2.92. The highest BCUT2D eigenvalue weighted by molar-refractivity contribution is 7.14. The zero-order chi connectivity index (χ0) is 11.8. The molecular formula is C12H8ClN3S. The molecule has 1 aromatic carbocycles. The summed E-state index contributed by atoms with van der Waals surface area (Å²) in [7, 11) is 0. The van der Waals surface area contributed by atoms with Gasteiger partial charge in [-0.25, -0.2) is 0 Å². The number of nitrogens with zero attached hydrogens (tertiary/aromatic N) is 2. The second-order valence-electron chi connectivity index (χ2n) is 3.62. The number of hydrogen-bond acceptors (Lipinski definition) is 4. The van der Waals surface area contributed by atoms with Crippen LogP contribution in [-0.4, -0.2) is 9.36 Å². The van der Waals surface area contributed by atoms with Crippen molar-refractivity contribution in [3.05, 3.63) is 41.8 Å². The van der Waals surface area contributed by atoms with E-state index in [9.17, 15) is 0 Å². The zero-order valence-electron chi connectivity index (χ0n) is 8.72. The van der Waals surface area contributed by atoms with Crippen LogP contribution < -0.4 is 5.73 Å². The quantitative estimate of drug-likeness (QED) is 0.728. The minimum absolute atomic E-state index is 0.541. The largest absolute Gasteiger partial charge is 0.397 e. The second-order valence-corrected chi connectivity index (χ2v) is 4.75. The summed E-state index contributed by atoms with van der Waals surface area (Å²) in [6, 6.07) is 7.83. The molecule has 0 fully saturated rings. The van der Waals surface area contributed by atoms with E-state index >= 15 is 0 Å². The third-order valence-corrected chi connectivity index (χ3v) is 3.88. The zero-order valence-corrected chi connectivity index (χ0v) is 10.3. The Bertz CT molecular complexity index is 693. The highest BCUT2D eigenvalue weighted by Crippen LogP contribution is 2.36. The summed E-state index contributed by atoms with van der Waals surface area (Å²) in [4.78, 5) is 3.99. The van der Waals surface area contributed by atoms with Gasteiger partial charge < -0.3 is 5.73 Å². The van der Waals surface area contributed by atoms with E-state index in [0.717, 1.165) is 21.2 Å². The molecule has 0 saturated heterocycles. The van der Waals surface area contributed by atoms with Gasteiger partial charge in [-0.15, -0.1) is 0 Å². The van der Waals surface area contributed by atoms with Crippen molar-refractivity contribution in [1.82, 2.24) is 9.36 Å². The van der Waals surface area contributed by atoms with Crippen molar-refractivity contribution in [3.63, 3.8) is 0 Å². The lowest BCUT2D eigenvalue weighted by atomic mass is 10.0. The molecule has 84 valence electrons. The number of pyridine rings is 1. The Hall–Kier alpha value is -1.65. The highest BCUT2D eigenvalue weighted by Gasteiger charge is 2.11. The van der Waals surface area contributed by atoms with Gasteiger partial charge >= 0.3 is 0 Å². The van der Waals surface area contributed by atoms with Gasteiger partial charge in [0.15, 0.2) is 5.15 Å². The molecule has 0 aliphatic heterocycles. The normalized spacial score (nSPS) is 10.9. The molecule has 0 saturated carbocycles. The van der Waals surface area contributed by atoms with Crippen molar-refractivity contribution in [2.45, 2.75) is 0 Å². The van der Waals surface area contributed by atoms with Gasteiger partial charge in [-0.3, -0.25) is 4.98 Å². The number of nitrogens with two attached hydrogens (primary N) is 1. The number of benzene rings is 1. The van der Waals surface area contributed by atoms with Crippen molar-refractivity contribution in [3.8, 4) is 11.1 Å². The molecule has 0 amide bonds. The summed E-state index contributed by atoms with van der Waals surface area (Å²) >= 11 is 7.41. The molecule has 0 unspecified atom stereocenters. The fraction of sp³-hybridized carbons (Fsp3) is 0. The maximum atomic E-state index is 6.03. The van der Waals surface area contributed by atoms with Gasteiger partial charge in [0.2, 0.25) is 0 Å². The van der Waals surface area contributed by atoms with Crippen LogP contribution in [0.1, 0.15) is 0 Å². The van der Waals surface area contributed by atoms with Crippen LogP contribution in [0.25, 0.3) is 21.2 Å². The average molecular weight is 262 g/mol. The first-order valence-electron chi connectivity index (χ1n) is 5.01. The Morgan fingerprint density at radius 2 is 2.06 bits per heavy atom. The molecule has 0 atom stereocenters. The van der Waals surface area contributed by atoms with Crippen LogP contribution in [-0.2, 0) is 0 Å². The summed E-state index contributed by atoms with van der Waals surface area (Å²) in [6.07, 6.45) is 3.38. The molecule has 3 rings (SSSR count). The minimum atomic E-state index is 0.541. The van der Waals surface area contributed by atoms with Crippen molar-refractivity contribution in [2.75, 3.05) is 5.73 Å². The summed E-state index contributed by atoms with van der Waals surface area (Å²) < 4.78 is 5.21. The molecule has 0 radical (unpaired) electrons. The number of halogens is 1. The van der Waals surface area contributed by atoms with E-state index in [4.69, 9.17) is 17.3 Å². The van der Waals surface area contributed by atoms with Gasteiger partial charge in [0.25, 0.3) is 0 Å². The molecule has 3 aromatic rings.